The fourth-order valence-corrected chi connectivity index (χ4v) is 3.14. The number of rotatable bonds is 6. The molecule has 6 heteroatoms. The molecular weight excluding hydrogens is 392 g/mol. The number of nitrogens with one attached hydrogen (secondary N) is 2. The van der Waals surface area contributed by atoms with Crippen LogP contribution in [0.3, 0.4) is 0 Å². The molecule has 0 aliphatic heterocycles. The number of hydrogen-bond acceptors (Lipinski definition) is 4. The van der Waals surface area contributed by atoms with Crippen LogP contribution in [0.5, 0.6) is 5.75 Å². The van der Waals surface area contributed by atoms with Gasteiger partial charge in [-0.2, -0.15) is 0 Å². The average molecular weight is 414 g/mol. The highest BCUT2D eigenvalue weighted by atomic mass is 16.5. The minimum absolute atomic E-state index is 0.0885. The molecule has 0 aliphatic rings. The lowest BCUT2D eigenvalue weighted by atomic mass is 10.1. The summed E-state index contributed by atoms with van der Waals surface area (Å²) in [4.78, 5) is 24.6. The Morgan fingerprint density at radius 3 is 2.32 bits per heavy atom. The number of para-hydroxylation sites is 1. The molecule has 2 N–H and O–H groups in total. The molecule has 0 saturated carbocycles. The molecule has 156 valence electrons. The van der Waals surface area contributed by atoms with Crippen molar-refractivity contribution in [2.24, 2.45) is 0 Å². The van der Waals surface area contributed by atoms with Crippen molar-refractivity contribution in [1.29, 1.82) is 0 Å². The van der Waals surface area contributed by atoms with Crippen molar-refractivity contribution >= 4 is 34.2 Å². The van der Waals surface area contributed by atoms with Gasteiger partial charge < -0.3 is 19.8 Å². The van der Waals surface area contributed by atoms with E-state index in [-0.39, 0.29) is 24.2 Å². The molecule has 0 atom stereocenters. The van der Waals surface area contributed by atoms with E-state index in [4.69, 9.17) is 9.15 Å². The Labute approximate surface area is 179 Å². The molecular formula is C25H22N2O4. The van der Waals surface area contributed by atoms with Crippen LogP contribution < -0.4 is 15.4 Å². The molecule has 4 aromatic rings. The summed E-state index contributed by atoms with van der Waals surface area (Å²) >= 11 is 0. The number of aryl methyl sites for hydroxylation is 1. The topological polar surface area (TPSA) is 80.6 Å². The Morgan fingerprint density at radius 2 is 1.58 bits per heavy atom. The molecule has 6 nitrogen and oxygen atoms in total. The molecule has 0 fully saturated rings. The summed E-state index contributed by atoms with van der Waals surface area (Å²) in [6.45, 7) is 3.87. The van der Waals surface area contributed by atoms with Gasteiger partial charge >= 0.3 is 0 Å². The normalized spacial score (nSPS) is 10.6. The first kappa shape index (κ1) is 20.2. The monoisotopic (exact) mass is 414 g/mol. The fraction of sp³-hybridized carbons (Fsp3) is 0.120. The lowest BCUT2D eigenvalue weighted by molar-refractivity contribution is -0.118. The quantitative estimate of drug-likeness (QED) is 0.447. The second-order valence-corrected chi connectivity index (χ2v) is 7.21. The number of benzene rings is 3. The van der Waals surface area contributed by atoms with Gasteiger partial charge in [0.15, 0.2) is 12.4 Å². The zero-order chi connectivity index (χ0) is 21.8. The molecule has 3 aromatic carbocycles. The third-order valence-electron chi connectivity index (χ3n) is 4.99. The second kappa shape index (κ2) is 8.75. The van der Waals surface area contributed by atoms with Gasteiger partial charge in [0, 0.05) is 16.8 Å². The third-order valence-corrected chi connectivity index (χ3v) is 4.99. The van der Waals surface area contributed by atoms with Gasteiger partial charge in [0.25, 0.3) is 11.8 Å². The van der Waals surface area contributed by atoms with Crippen LogP contribution in [-0.2, 0) is 4.79 Å². The fourth-order valence-electron chi connectivity index (χ4n) is 3.14. The van der Waals surface area contributed by atoms with Crippen LogP contribution in [0, 0.1) is 13.8 Å². The van der Waals surface area contributed by atoms with E-state index < -0.39 is 0 Å². The van der Waals surface area contributed by atoms with Crippen LogP contribution >= 0.6 is 0 Å². The van der Waals surface area contributed by atoms with E-state index in [9.17, 15) is 9.59 Å². The Morgan fingerprint density at radius 1 is 0.871 bits per heavy atom. The third kappa shape index (κ3) is 4.75. The Balaban J connectivity index is 1.32. The predicted molar refractivity (Wildman–Crippen MR) is 121 cm³/mol. The smallest absolute Gasteiger partial charge is 0.291 e. The number of furan rings is 1. The Kier molecular flexibility index (Phi) is 5.71. The maximum Gasteiger partial charge on any atom is 0.291 e. The Hall–Kier alpha value is -4.06. The van der Waals surface area contributed by atoms with Crippen LogP contribution in [0.2, 0.25) is 0 Å². The summed E-state index contributed by atoms with van der Waals surface area (Å²) in [5, 5.41) is 6.44. The van der Waals surface area contributed by atoms with Gasteiger partial charge in [-0.05, 0) is 67.4 Å². The van der Waals surface area contributed by atoms with E-state index in [1.165, 1.54) is 0 Å². The van der Waals surface area contributed by atoms with Crippen molar-refractivity contribution in [3.8, 4) is 5.75 Å². The number of carbonyl (C=O) groups is 2. The number of hydrogen-bond donors (Lipinski definition) is 2. The van der Waals surface area contributed by atoms with Crippen molar-refractivity contribution in [3.05, 3.63) is 89.7 Å². The molecule has 31 heavy (non-hydrogen) atoms. The summed E-state index contributed by atoms with van der Waals surface area (Å²) < 4.78 is 11.2. The zero-order valence-corrected chi connectivity index (χ0v) is 17.3. The lowest BCUT2D eigenvalue weighted by Gasteiger charge is -2.11. The van der Waals surface area contributed by atoms with Crippen molar-refractivity contribution in [3.63, 3.8) is 0 Å². The number of anilines is 2. The molecule has 1 heterocycles. The average Bonchev–Trinajstić information content (AvgIpc) is 3.21. The van der Waals surface area contributed by atoms with Crippen LogP contribution in [0.1, 0.15) is 21.7 Å². The van der Waals surface area contributed by atoms with Crippen molar-refractivity contribution < 1.29 is 18.7 Å². The molecule has 0 unspecified atom stereocenters. The van der Waals surface area contributed by atoms with Crippen LogP contribution in [0.15, 0.2) is 77.2 Å². The van der Waals surface area contributed by atoms with Gasteiger partial charge in [-0.15, -0.1) is 0 Å². The maximum absolute atomic E-state index is 12.4. The van der Waals surface area contributed by atoms with Gasteiger partial charge in [-0.25, -0.2) is 0 Å². The Bertz CT molecular complexity index is 1210. The SMILES string of the molecule is Cc1cccc(OCC(=O)Nc2ccc(NC(=O)c3cc4ccccc4o3)cc2)c1C. The van der Waals surface area contributed by atoms with Crippen molar-refractivity contribution in [2.45, 2.75) is 13.8 Å². The number of carbonyl (C=O) groups excluding carboxylic acids is 2. The number of amides is 2. The molecule has 4 rings (SSSR count). The molecule has 1 aromatic heterocycles. The van der Waals surface area contributed by atoms with E-state index in [1.807, 2.05) is 56.3 Å². The summed E-state index contributed by atoms with van der Waals surface area (Å²) in [7, 11) is 0. The highest BCUT2D eigenvalue weighted by Gasteiger charge is 2.12. The van der Waals surface area contributed by atoms with E-state index in [1.54, 1.807) is 30.3 Å². The molecule has 0 radical (unpaired) electrons. The maximum atomic E-state index is 12.4. The van der Waals surface area contributed by atoms with Gasteiger partial charge in [0.2, 0.25) is 0 Å². The van der Waals surface area contributed by atoms with Gasteiger partial charge in [-0.3, -0.25) is 9.59 Å². The van der Waals surface area contributed by atoms with E-state index >= 15 is 0 Å². The van der Waals surface area contributed by atoms with Crippen molar-refractivity contribution in [2.75, 3.05) is 17.2 Å². The van der Waals surface area contributed by atoms with Crippen molar-refractivity contribution in [1.82, 2.24) is 0 Å². The highest BCUT2D eigenvalue weighted by molar-refractivity contribution is 6.04. The highest BCUT2D eigenvalue weighted by Crippen LogP contribution is 2.22. The first-order valence-electron chi connectivity index (χ1n) is 9.88. The van der Waals surface area contributed by atoms with E-state index in [0.717, 1.165) is 16.5 Å². The second-order valence-electron chi connectivity index (χ2n) is 7.21. The minimum atomic E-state index is -0.338. The van der Waals surface area contributed by atoms with Crippen LogP contribution in [0.4, 0.5) is 11.4 Å². The van der Waals surface area contributed by atoms with Crippen LogP contribution in [0.25, 0.3) is 11.0 Å². The lowest BCUT2D eigenvalue weighted by Crippen LogP contribution is -2.20. The summed E-state index contributed by atoms with van der Waals surface area (Å²) in [6, 6.07) is 21.7. The number of fused-ring (bicyclic) bond motifs is 1. The van der Waals surface area contributed by atoms with Gasteiger partial charge in [0.05, 0.1) is 0 Å². The zero-order valence-electron chi connectivity index (χ0n) is 17.3. The largest absolute Gasteiger partial charge is 0.483 e. The summed E-state index contributed by atoms with van der Waals surface area (Å²) in [6.07, 6.45) is 0. The summed E-state index contributed by atoms with van der Waals surface area (Å²) in [5.74, 6) is 0.329. The van der Waals surface area contributed by atoms with E-state index in [0.29, 0.717) is 22.7 Å². The molecule has 0 aliphatic carbocycles. The van der Waals surface area contributed by atoms with E-state index in [2.05, 4.69) is 10.6 Å². The first-order chi connectivity index (χ1) is 15.0. The molecule has 0 saturated heterocycles. The standard InChI is InChI=1S/C25H22N2O4/c1-16-6-5-9-21(17(16)2)30-15-24(28)26-19-10-12-20(13-11-19)27-25(29)23-14-18-7-3-4-8-22(18)31-23/h3-14H,15H2,1-2H3,(H,26,28)(H,27,29). The van der Waals surface area contributed by atoms with Crippen LogP contribution in [-0.4, -0.2) is 18.4 Å². The molecule has 0 spiro atoms. The first-order valence-corrected chi connectivity index (χ1v) is 9.88. The van der Waals surface area contributed by atoms with Gasteiger partial charge in [0.1, 0.15) is 11.3 Å². The number of ether oxygens (including phenoxy) is 1. The molecule has 0 bridgehead atoms. The minimum Gasteiger partial charge on any atom is -0.483 e. The molecule has 2 amide bonds. The van der Waals surface area contributed by atoms with Gasteiger partial charge in [-0.1, -0.05) is 30.3 Å². The summed E-state index contributed by atoms with van der Waals surface area (Å²) in [5.41, 5.74) is 3.98. The predicted octanol–water partition coefficient (Wildman–Crippen LogP) is 5.32.